The second-order valence-corrected chi connectivity index (χ2v) is 6.04. The van der Waals surface area contributed by atoms with E-state index in [-0.39, 0.29) is 5.91 Å². The van der Waals surface area contributed by atoms with Gasteiger partial charge in [-0.15, -0.1) is 0 Å². The molecule has 0 saturated heterocycles. The molecule has 2 rings (SSSR count). The largest absolute Gasteiger partial charge is 0.497 e. The fourth-order valence-electron chi connectivity index (χ4n) is 2.75. The summed E-state index contributed by atoms with van der Waals surface area (Å²) in [6.45, 7) is 5.59. The summed E-state index contributed by atoms with van der Waals surface area (Å²) in [5, 5.41) is 10.6. The Morgan fingerprint density at radius 2 is 1.84 bits per heavy atom. The predicted molar refractivity (Wildman–Crippen MR) is 100.0 cm³/mol. The molecule has 4 heteroatoms. The quantitative estimate of drug-likeness (QED) is 0.788. The normalized spacial score (nSPS) is 11.8. The number of amides is 1. The van der Waals surface area contributed by atoms with Gasteiger partial charge < -0.3 is 14.7 Å². The molecule has 0 aliphatic heterocycles. The van der Waals surface area contributed by atoms with Crippen molar-refractivity contribution in [2.24, 2.45) is 0 Å². The Morgan fingerprint density at radius 1 is 1.12 bits per heavy atom. The molecule has 0 heterocycles. The maximum atomic E-state index is 12.6. The summed E-state index contributed by atoms with van der Waals surface area (Å²) >= 11 is 0. The number of unbranched alkanes of at least 4 members (excludes halogenated alkanes) is 1. The second-order valence-electron chi connectivity index (χ2n) is 6.04. The van der Waals surface area contributed by atoms with Crippen molar-refractivity contribution < 1.29 is 14.6 Å². The van der Waals surface area contributed by atoms with Crippen LogP contribution in [0.5, 0.6) is 5.75 Å². The van der Waals surface area contributed by atoms with E-state index in [0.29, 0.717) is 17.9 Å². The van der Waals surface area contributed by atoms with Crippen LogP contribution in [-0.2, 0) is 0 Å². The molecule has 0 aromatic heterocycles. The average molecular weight is 341 g/mol. The van der Waals surface area contributed by atoms with Crippen LogP contribution in [0.2, 0.25) is 0 Å². The number of benzene rings is 2. The molecule has 0 bridgehead atoms. The summed E-state index contributed by atoms with van der Waals surface area (Å²) in [5.74, 6) is 0.747. The number of hydrogen-bond donors (Lipinski definition) is 1. The van der Waals surface area contributed by atoms with E-state index in [1.165, 1.54) is 0 Å². The Balaban J connectivity index is 2.14. The van der Waals surface area contributed by atoms with Crippen LogP contribution in [0, 0.1) is 0 Å². The van der Waals surface area contributed by atoms with Gasteiger partial charge in [0.1, 0.15) is 11.9 Å². The van der Waals surface area contributed by atoms with Gasteiger partial charge >= 0.3 is 0 Å². The van der Waals surface area contributed by atoms with Crippen molar-refractivity contribution in [2.75, 3.05) is 20.2 Å². The van der Waals surface area contributed by atoms with E-state index in [4.69, 9.17) is 4.74 Å². The van der Waals surface area contributed by atoms with Gasteiger partial charge in [-0.3, -0.25) is 4.79 Å². The van der Waals surface area contributed by atoms with Crippen LogP contribution in [0.3, 0.4) is 0 Å². The van der Waals surface area contributed by atoms with E-state index in [0.717, 1.165) is 30.5 Å². The van der Waals surface area contributed by atoms with Crippen molar-refractivity contribution in [3.05, 3.63) is 65.2 Å². The standard InChI is InChI=1S/C21H27NO3/c1-4-6-14-22(5-2)21(24)17-12-10-16(11-13-17)20(23)18-8-7-9-19(15-18)25-3/h7-13,15,20,23H,4-6,14H2,1-3H3. The first-order valence-electron chi connectivity index (χ1n) is 8.82. The number of methoxy groups -OCH3 is 1. The minimum atomic E-state index is -0.748. The van der Waals surface area contributed by atoms with Gasteiger partial charge in [0.25, 0.3) is 5.91 Å². The summed E-state index contributed by atoms with van der Waals surface area (Å²) in [6.07, 6.45) is 1.32. The molecule has 25 heavy (non-hydrogen) atoms. The molecule has 1 unspecified atom stereocenters. The molecule has 0 fully saturated rings. The maximum Gasteiger partial charge on any atom is 0.253 e. The van der Waals surface area contributed by atoms with Crippen LogP contribution >= 0.6 is 0 Å². The Labute approximate surface area is 150 Å². The Kier molecular flexibility index (Phi) is 7.02. The minimum absolute atomic E-state index is 0.0402. The van der Waals surface area contributed by atoms with Crippen molar-refractivity contribution in [1.29, 1.82) is 0 Å². The lowest BCUT2D eigenvalue weighted by Gasteiger charge is -2.21. The van der Waals surface area contributed by atoms with Gasteiger partial charge in [-0.2, -0.15) is 0 Å². The predicted octanol–water partition coefficient (Wildman–Crippen LogP) is 4.04. The lowest BCUT2D eigenvalue weighted by molar-refractivity contribution is 0.0762. The van der Waals surface area contributed by atoms with Gasteiger partial charge in [0.05, 0.1) is 7.11 Å². The van der Waals surface area contributed by atoms with Crippen molar-refractivity contribution in [3.63, 3.8) is 0 Å². The van der Waals surface area contributed by atoms with Crippen molar-refractivity contribution in [1.82, 2.24) is 4.90 Å². The SMILES string of the molecule is CCCCN(CC)C(=O)c1ccc(C(O)c2cccc(OC)c2)cc1. The number of aliphatic hydroxyl groups excluding tert-OH is 1. The fourth-order valence-corrected chi connectivity index (χ4v) is 2.75. The molecule has 134 valence electrons. The van der Waals surface area contributed by atoms with Crippen molar-refractivity contribution in [2.45, 2.75) is 32.8 Å². The van der Waals surface area contributed by atoms with E-state index in [9.17, 15) is 9.90 Å². The summed E-state index contributed by atoms with van der Waals surface area (Å²) in [5.41, 5.74) is 2.16. The molecule has 0 radical (unpaired) electrons. The van der Waals surface area contributed by atoms with Gasteiger partial charge in [-0.05, 0) is 48.7 Å². The molecule has 0 aliphatic rings. The molecule has 2 aromatic carbocycles. The number of aliphatic hydroxyl groups is 1. The highest BCUT2D eigenvalue weighted by Crippen LogP contribution is 2.25. The molecule has 1 atom stereocenters. The molecule has 4 nitrogen and oxygen atoms in total. The summed E-state index contributed by atoms with van der Waals surface area (Å²) < 4.78 is 5.20. The van der Waals surface area contributed by atoms with Gasteiger partial charge in [0.2, 0.25) is 0 Å². The zero-order chi connectivity index (χ0) is 18.2. The van der Waals surface area contributed by atoms with Crippen molar-refractivity contribution >= 4 is 5.91 Å². The molecule has 0 spiro atoms. The fraction of sp³-hybridized carbons (Fsp3) is 0.381. The monoisotopic (exact) mass is 341 g/mol. The second kappa shape index (κ2) is 9.23. The van der Waals surface area contributed by atoms with Gasteiger partial charge in [0.15, 0.2) is 0 Å². The van der Waals surface area contributed by atoms with Gasteiger partial charge in [-0.1, -0.05) is 37.6 Å². The topological polar surface area (TPSA) is 49.8 Å². The molecule has 1 N–H and O–H groups in total. The average Bonchev–Trinajstić information content (AvgIpc) is 2.68. The molecule has 2 aromatic rings. The number of ether oxygens (including phenoxy) is 1. The van der Waals surface area contributed by atoms with Crippen LogP contribution in [0.4, 0.5) is 0 Å². The van der Waals surface area contributed by atoms with Crippen LogP contribution in [0.1, 0.15) is 54.3 Å². The Hall–Kier alpha value is -2.33. The summed E-state index contributed by atoms with van der Waals surface area (Å²) in [4.78, 5) is 14.4. The zero-order valence-corrected chi connectivity index (χ0v) is 15.2. The first kappa shape index (κ1) is 19.0. The smallest absolute Gasteiger partial charge is 0.253 e. The maximum absolute atomic E-state index is 12.6. The van der Waals surface area contributed by atoms with Crippen LogP contribution in [0.15, 0.2) is 48.5 Å². The van der Waals surface area contributed by atoms with E-state index in [1.807, 2.05) is 48.2 Å². The first-order valence-corrected chi connectivity index (χ1v) is 8.82. The summed E-state index contributed by atoms with van der Waals surface area (Å²) in [7, 11) is 1.60. The van der Waals surface area contributed by atoms with Crippen LogP contribution < -0.4 is 4.74 Å². The third kappa shape index (κ3) is 4.83. The molecular formula is C21H27NO3. The van der Waals surface area contributed by atoms with Gasteiger partial charge in [0, 0.05) is 18.7 Å². The van der Waals surface area contributed by atoms with Crippen LogP contribution in [0.25, 0.3) is 0 Å². The number of carbonyl (C=O) groups is 1. The van der Waals surface area contributed by atoms with E-state index < -0.39 is 6.10 Å². The van der Waals surface area contributed by atoms with Crippen LogP contribution in [-0.4, -0.2) is 36.1 Å². The Morgan fingerprint density at radius 3 is 2.44 bits per heavy atom. The first-order chi connectivity index (χ1) is 12.1. The highest BCUT2D eigenvalue weighted by Gasteiger charge is 2.15. The third-order valence-corrected chi connectivity index (χ3v) is 4.33. The minimum Gasteiger partial charge on any atom is -0.497 e. The zero-order valence-electron chi connectivity index (χ0n) is 15.2. The van der Waals surface area contributed by atoms with Crippen molar-refractivity contribution in [3.8, 4) is 5.75 Å². The third-order valence-electron chi connectivity index (χ3n) is 4.33. The molecule has 0 saturated carbocycles. The number of nitrogens with zero attached hydrogens (tertiary/aromatic N) is 1. The van der Waals surface area contributed by atoms with E-state index in [1.54, 1.807) is 19.2 Å². The lowest BCUT2D eigenvalue weighted by atomic mass is 10.00. The molecule has 1 amide bonds. The van der Waals surface area contributed by atoms with E-state index in [2.05, 4.69) is 6.92 Å². The lowest BCUT2D eigenvalue weighted by Crippen LogP contribution is -2.31. The van der Waals surface area contributed by atoms with E-state index >= 15 is 0 Å². The Bertz CT molecular complexity index is 682. The number of rotatable bonds is 8. The molecular weight excluding hydrogens is 314 g/mol. The highest BCUT2D eigenvalue weighted by atomic mass is 16.5. The molecule has 0 aliphatic carbocycles. The summed E-state index contributed by atoms with van der Waals surface area (Å²) in [6, 6.07) is 14.6. The number of hydrogen-bond acceptors (Lipinski definition) is 3. The number of carbonyl (C=O) groups excluding carboxylic acids is 1. The van der Waals surface area contributed by atoms with Gasteiger partial charge in [-0.25, -0.2) is 0 Å². The highest BCUT2D eigenvalue weighted by molar-refractivity contribution is 5.94.